The molecule has 0 unspecified atom stereocenters. The Morgan fingerprint density at radius 1 is 1.17 bits per heavy atom. The number of hydrogen-bond acceptors (Lipinski definition) is 4. The van der Waals surface area contributed by atoms with E-state index in [-0.39, 0.29) is 45.0 Å². The molecular formula is C20H26BrF3N2O4. The van der Waals surface area contributed by atoms with Gasteiger partial charge in [0, 0.05) is 23.1 Å². The highest BCUT2D eigenvalue weighted by Crippen LogP contribution is 2.34. The number of benzene rings is 1. The molecule has 1 fully saturated rings. The fourth-order valence-electron chi connectivity index (χ4n) is 3.00. The van der Waals surface area contributed by atoms with E-state index >= 15 is 0 Å². The van der Waals surface area contributed by atoms with Gasteiger partial charge in [0.25, 0.3) is 5.91 Å². The van der Waals surface area contributed by atoms with Gasteiger partial charge in [0.15, 0.2) is 0 Å². The Morgan fingerprint density at radius 2 is 1.80 bits per heavy atom. The molecule has 168 valence electrons. The Morgan fingerprint density at radius 3 is 2.37 bits per heavy atom. The van der Waals surface area contributed by atoms with Crippen LogP contribution in [0.3, 0.4) is 0 Å². The highest BCUT2D eigenvalue weighted by molar-refractivity contribution is 9.10. The minimum Gasteiger partial charge on any atom is -0.492 e. The predicted molar refractivity (Wildman–Crippen MR) is 109 cm³/mol. The number of halogens is 4. The molecule has 1 aromatic rings. The van der Waals surface area contributed by atoms with Crippen molar-refractivity contribution in [3.63, 3.8) is 0 Å². The van der Waals surface area contributed by atoms with E-state index < -0.39 is 23.8 Å². The Hall–Kier alpha value is -1.97. The van der Waals surface area contributed by atoms with Crippen LogP contribution in [-0.2, 0) is 4.74 Å². The number of rotatable bonds is 5. The molecule has 1 aliphatic heterocycles. The number of ether oxygens (including phenoxy) is 2. The number of alkyl carbamates (subject to hydrolysis) is 1. The zero-order chi connectivity index (χ0) is 22.5. The van der Waals surface area contributed by atoms with Gasteiger partial charge < -0.3 is 19.7 Å². The van der Waals surface area contributed by atoms with Gasteiger partial charge in [0.1, 0.15) is 18.0 Å². The number of carbonyl (C=O) groups is 2. The third-order valence-corrected chi connectivity index (χ3v) is 4.86. The molecule has 30 heavy (non-hydrogen) atoms. The van der Waals surface area contributed by atoms with Gasteiger partial charge in [-0.25, -0.2) is 4.79 Å². The van der Waals surface area contributed by atoms with Crippen molar-refractivity contribution < 1.29 is 32.2 Å². The zero-order valence-corrected chi connectivity index (χ0v) is 18.7. The minimum absolute atomic E-state index is 0.0610. The van der Waals surface area contributed by atoms with Gasteiger partial charge in [-0.3, -0.25) is 4.79 Å². The quantitative estimate of drug-likeness (QED) is 0.598. The molecule has 0 radical (unpaired) electrons. The average Bonchev–Trinajstić information content (AvgIpc) is 2.62. The molecule has 0 bridgehead atoms. The second kappa shape index (κ2) is 9.89. The summed E-state index contributed by atoms with van der Waals surface area (Å²) in [6, 6.07) is 4.81. The largest absolute Gasteiger partial charge is 0.492 e. The monoisotopic (exact) mass is 494 g/mol. The lowest BCUT2D eigenvalue weighted by Crippen LogP contribution is -2.42. The van der Waals surface area contributed by atoms with Crippen molar-refractivity contribution in [2.45, 2.75) is 45.4 Å². The number of likely N-dealkylation sites (tertiary alicyclic amines) is 1. The lowest BCUT2D eigenvalue weighted by molar-refractivity contribution is -0.183. The van der Waals surface area contributed by atoms with E-state index in [9.17, 15) is 22.8 Å². The maximum atomic E-state index is 12.8. The van der Waals surface area contributed by atoms with E-state index in [0.29, 0.717) is 15.8 Å². The van der Waals surface area contributed by atoms with Crippen LogP contribution < -0.4 is 10.1 Å². The first-order valence-corrected chi connectivity index (χ1v) is 10.4. The topological polar surface area (TPSA) is 67.9 Å². The first-order chi connectivity index (χ1) is 13.8. The highest BCUT2D eigenvalue weighted by atomic mass is 79.9. The van der Waals surface area contributed by atoms with Gasteiger partial charge in [0.2, 0.25) is 0 Å². The summed E-state index contributed by atoms with van der Waals surface area (Å²) in [7, 11) is 0. The van der Waals surface area contributed by atoms with Crippen LogP contribution in [0.4, 0.5) is 18.0 Å². The number of nitrogens with zero attached hydrogens (tertiary/aromatic N) is 1. The summed E-state index contributed by atoms with van der Waals surface area (Å²) in [4.78, 5) is 25.7. The molecule has 0 spiro atoms. The van der Waals surface area contributed by atoms with E-state index in [1.165, 1.54) is 11.0 Å². The first kappa shape index (κ1) is 24.3. The van der Waals surface area contributed by atoms with E-state index in [1.54, 1.807) is 32.9 Å². The van der Waals surface area contributed by atoms with Crippen LogP contribution in [0.5, 0.6) is 5.75 Å². The summed E-state index contributed by atoms with van der Waals surface area (Å²) in [6.45, 7) is 5.76. The van der Waals surface area contributed by atoms with E-state index in [0.717, 1.165) is 0 Å². The third kappa shape index (κ3) is 7.70. The number of amides is 2. The smallest absolute Gasteiger partial charge is 0.407 e. The summed E-state index contributed by atoms with van der Waals surface area (Å²) in [5, 5.41) is 2.56. The molecular weight excluding hydrogens is 469 g/mol. The van der Waals surface area contributed by atoms with Crippen molar-refractivity contribution in [3.05, 3.63) is 28.2 Å². The second-order valence-corrected chi connectivity index (χ2v) is 8.98. The van der Waals surface area contributed by atoms with Crippen LogP contribution in [0.1, 0.15) is 44.0 Å². The van der Waals surface area contributed by atoms with Gasteiger partial charge in [-0.05, 0) is 51.8 Å². The van der Waals surface area contributed by atoms with E-state index in [1.807, 2.05) is 0 Å². The number of nitrogens with one attached hydrogen (secondary N) is 1. The standard InChI is InChI=1S/C20H26BrF3N2O4/c1-19(2,3)30-18(28)25-6-9-29-16-11-13(10-15(21)12-16)17(27)26-7-4-14(5-8-26)20(22,23)24/h10-12,14H,4-9H2,1-3H3,(H,25,28). The van der Waals surface area contributed by atoms with E-state index in [2.05, 4.69) is 21.2 Å². The minimum atomic E-state index is -4.22. The summed E-state index contributed by atoms with van der Waals surface area (Å²) in [6.07, 6.45) is -4.97. The van der Waals surface area contributed by atoms with E-state index in [4.69, 9.17) is 9.47 Å². The number of carbonyl (C=O) groups excluding carboxylic acids is 2. The van der Waals surface area contributed by atoms with Crippen molar-refractivity contribution in [1.29, 1.82) is 0 Å². The molecule has 2 amide bonds. The molecule has 1 saturated heterocycles. The van der Waals surface area contributed by atoms with Crippen LogP contribution >= 0.6 is 15.9 Å². The summed E-state index contributed by atoms with van der Waals surface area (Å²) >= 11 is 3.32. The molecule has 1 heterocycles. The van der Waals surface area contributed by atoms with Gasteiger partial charge in [-0.1, -0.05) is 15.9 Å². The van der Waals surface area contributed by atoms with Crippen molar-refractivity contribution in [2.24, 2.45) is 5.92 Å². The Bertz CT molecular complexity index is 757. The molecule has 0 aliphatic carbocycles. The van der Waals surface area contributed by atoms with Crippen molar-refractivity contribution >= 4 is 27.9 Å². The van der Waals surface area contributed by atoms with Crippen molar-refractivity contribution in [2.75, 3.05) is 26.2 Å². The van der Waals surface area contributed by atoms with Crippen LogP contribution in [0, 0.1) is 5.92 Å². The van der Waals surface area contributed by atoms with Gasteiger partial charge in [-0.2, -0.15) is 13.2 Å². The van der Waals surface area contributed by atoms with Gasteiger partial charge >= 0.3 is 12.3 Å². The molecule has 1 aromatic carbocycles. The first-order valence-electron chi connectivity index (χ1n) is 9.61. The Labute approximate surface area is 182 Å². The second-order valence-electron chi connectivity index (χ2n) is 8.06. The molecule has 0 atom stereocenters. The molecule has 1 aliphatic rings. The SMILES string of the molecule is CC(C)(C)OC(=O)NCCOc1cc(Br)cc(C(=O)N2CCC(C(F)(F)F)CC2)c1. The summed E-state index contributed by atoms with van der Waals surface area (Å²) in [5.41, 5.74) is -0.274. The van der Waals surface area contributed by atoms with Crippen molar-refractivity contribution in [1.82, 2.24) is 10.2 Å². The Balaban J connectivity index is 1.89. The van der Waals surface area contributed by atoms with Crippen LogP contribution in [0.25, 0.3) is 0 Å². The highest BCUT2D eigenvalue weighted by Gasteiger charge is 2.41. The lowest BCUT2D eigenvalue weighted by atomic mass is 9.96. The number of hydrogen-bond donors (Lipinski definition) is 1. The molecule has 0 aromatic heterocycles. The summed E-state index contributed by atoms with van der Waals surface area (Å²) in [5.74, 6) is -1.29. The third-order valence-electron chi connectivity index (χ3n) is 4.40. The normalized spacial score (nSPS) is 15.6. The number of piperidine rings is 1. The molecule has 6 nitrogen and oxygen atoms in total. The van der Waals surface area contributed by atoms with Crippen molar-refractivity contribution in [3.8, 4) is 5.75 Å². The van der Waals surface area contributed by atoms with Gasteiger partial charge in [-0.15, -0.1) is 0 Å². The average molecular weight is 495 g/mol. The Kier molecular flexibility index (Phi) is 8.01. The fourth-order valence-corrected chi connectivity index (χ4v) is 3.47. The van der Waals surface area contributed by atoms with Crippen LogP contribution in [-0.4, -0.2) is 54.9 Å². The fraction of sp³-hybridized carbons (Fsp3) is 0.600. The predicted octanol–water partition coefficient (Wildman–Crippen LogP) is 4.77. The number of alkyl halides is 3. The van der Waals surface area contributed by atoms with Crippen LogP contribution in [0.15, 0.2) is 22.7 Å². The molecule has 0 saturated carbocycles. The maximum absolute atomic E-state index is 12.8. The molecule has 2 rings (SSSR count). The molecule has 1 N–H and O–H groups in total. The summed E-state index contributed by atoms with van der Waals surface area (Å²) < 4.78 is 49.8. The maximum Gasteiger partial charge on any atom is 0.407 e. The van der Waals surface area contributed by atoms with Crippen LogP contribution in [0.2, 0.25) is 0 Å². The zero-order valence-electron chi connectivity index (χ0n) is 17.1. The van der Waals surface area contributed by atoms with Gasteiger partial charge in [0.05, 0.1) is 12.5 Å². The lowest BCUT2D eigenvalue weighted by Gasteiger charge is -2.33. The molecule has 10 heteroatoms.